The van der Waals surface area contributed by atoms with E-state index in [0.29, 0.717) is 29.1 Å². The van der Waals surface area contributed by atoms with Crippen molar-refractivity contribution in [3.8, 4) is 5.75 Å². The van der Waals surface area contributed by atoms with Crippen LogP contribution in [0.2, 0.25) is 0 Å². The molecule has 9 heteroatoms. The zero-order valence-electron chi connectivity index (χ0n) is 21.4. The summed E-state index contributed by atoms with van der Waals surface area (Å²) in [5.41, 5.74) is 4.64. The number of nitrogens with one attached hydrogen (secondary N) is 2. The highest BCUT2D eigenvalue weighted by Gasteiger charge is 2.40. The smallest absolute Gasteiger partial charge is 0.426 e. The summed E-state index contributed by atoms with van der Waals surface area (Å²) >= 11 is 1.34. The molecule has 0 radical (unpaired) electrons. The number of rotatable bonds is 7. The first-order valence-electron chi connectivity index (χ1n) is 12.0. The average Bonchev–Trinajstić information content (AvgIpc) is 3.27. The quantitative estimate of drug-likeness (QED) is 0.560. The number of hydrazine groups is 1. The summed E-state index contributed by atoms with van der Waals surface area (Å²) in [5.74, 6) is 0.0512. The molecule has 0 saturated heterocycles. The summed E-state index contributed by atoms with van der Waals surface area (Å²) in [5, 5.41) is 4.45. The highest BCUT2D eigenvalue weighted by Crippen LogP contribution is 2.42. The van der Waals surface area contributed by atoms with Crippen LogP contribution < -0.4 is 15.5 Å². The van der Waals surface area contributed by atoms with Crippen molar-refractivity contribution in [2.24, 2.45) is 5.92 Å². The molecule has 1 unspecified atom stereocenters. The van der Waals surface area contributed by atoms with Gasteiger partial charge in [-0.3, -0.25) is 14.6 Å². The third-order valence-electron chi connectivity index (χ3n) is 5.79. The standard InChI is InChI=1S/C28H31N3O5S/c1-28(2,3)36-27(34)30-31-17-37-25-22(26(33)29-16-19-10-12-21(35-4)13-11-19)15-20(24(32)23(25)31)14-18-8-6-5-7-9-18/h5-13,15,20H,14,16-17H2,1-4H3,(H,29,33)(H,30,34). The predicted molar refractivity (Wildman–Crippen MR) is 142 cm³/mol. The highest BCUT2D eigenvalue weighted by molar-refractivity contribution is 8.03. The van der Waals surface area contributed by atoms with Gasteiger partial charge in [0.15, 0.2) is 5.78 Å². The Bertz CT molecular complexity index is 1230. The van der Waals surface area contributed by atoms with Gasteiger partial charge in [-0.2, -0.15) is 0 Å². The van der Waals surface area contributed by atoms with Gasteiger partial charge in [-0.25, -0.2) is 10.2 Å². The number of ether oxygens (including phenoxy) is 2. The number of ketones is 1. The lowest BCUT2D eigenvalue weighted by molar-refractivity contribution is -0.119. The van der Waals surface area contributed by atoms with Crippen molar-refractivity contribution in [1.29, 1.82) is 0 Å². The minimum atomic E-state index is -0.688. The molecule has 2 aromatic carbocycles. The Hall–Kier alpha value is -3.72. The van der Waals surface area contributed by atoms with Crippen LogP contribution in [-0.4, -0.2) is 41.4 Å². The number of methoxy groups -OCH3 is 1. The van der Waals surface area contributed by atoms with E-state index in [1.54, 1.807) is 34.0 Å². The summed E-state index contributed by atoms with van der Waals surface area (Å²) in [6, 6.07) is 17.1. The van der Waals surface area contributed by atoms with Gasteiger partial charge in [-0.1, -0.05) is 60.3 Å². The van der Waals surface area contributed by atoms with Gasteiger partial charge < -0.3 is 14.8 Å². The summed E-state index contributed by atoms with van der Waals surface area (Å²) < 4.78 is 10.6. The maximum atomic E-state index is 13.6. The van der Waals surface area contributed by atoms with Crippen molar-refractivity contribution in [2.45, 2.75) is 39.3 Å². The maximum Gasteiger partial charge on any atom is 0.426 e. The molecule has 2 aromatic rings. The lowest BCUT2D eigenvalue weighted by Crippen LogP contribution is -2.45. The predicted octanol–water partition coefficient (Wildman–Crippen LogP) is 4.34. The van der Waals surface area contributed by atoms with E-state index in [0.717, 1.165) is 16.9 Å². The van der Waals surface area contributed by atoms with Gasteiger partial charge in [0.1, 0.15) is 17.0 Å². The van der Waals surface area contributed by atoms with Crippen LogP contribution in [-0.2, 0) is 27.3 Å². The molecular formula is C28H31N3O5S. The number of allylic oxidation sites excluding steroid dienone is 2. The average molecular weight is 522 g/mol. The number of carbonyl (C=O) groups excluding carboxylic acids is 3. The molecule has 1 heterocycles. The van der Waals surface area contributed by atoms with E-state index < -0.39 is 17.6 Å². The van der Waals surface area contributed by atoms with Gasteiger partial charge in [-0.05, 0) is 50.5 Å². The molecule has 0 aromatic heterocycles. The van der Waals surface area contributed by atoms with Gasteiger partial charge in [0.2, 0.25) is 0 Å². The molecule has 8 nitrogen and oxygen atoms in total. The lowest BCUT2D eigenvalue weighted by Gasteiger charge is -2.28. The SMILES string of the molecule is COc1ccc(CNC(=O)C2=CC(Cc3ccccc3)C(=O)C3=C2SCN3NC(=O)OC(C)(C)C)cc1. The molecular weight excluding hydrogens is 490 g/mol. The summed E-state index contributed by atoms with van der Waals surface area (Å²) in [4.78, 5) is 40.0. The number of Topliss-reactive ketones (excluding diaryl/α,β-unsaturated/α-hetero) is 1. The van der Waals surface area contributed by atoms with E-state index in [1.165, 1.54) is 16.8 Å². The number of amides is 2. The number of carbonyl (C=O) groups is 3. The molecule has 2 amide bonds. The summed E-state index contributed by atoms with van der Waals surface area (Å²) in [6.45, 7) is 5.63. The first kappa shape index (κ1) is 26.3. The Balaban J connectivity index is 1.58. The van der Waals surface area contributed by atoms with E-state index in [2.05, 4.69) is 10.7 Å². The Morgan fingerprint density at radius 1 is 1.05 bits per heavy atom. The zero-order chi connectivity index (χ0) is 26.6. The van der Waals surface area contributed by atoms with Gasteiger partial charge in [0.25, 0.3) is 5.91 Å². The first-order chi connectivity index (χ1) is 17.6. The monoisotopic (exact) mass is 521 g/mol. The van der Waals surface area contributed by atoms with E-state index in [9.17, 15) is 14.4 Å². The molecule has 0 bridgehead atoms. The number of thioether (sulfide) groups is 1. The summed E-state index contributed by atoms with van der Waals surface area (Å²) in [6.07, 6.45) is 1.53. The highest BCUT2D eigenvalue weighted by atomic mass is 32.2. The molecule has 1 aliphatic heterocycles. The van der Waals surface area contributed by atoms with Crippen LogP contribution in [0.25, 0.3) is 0 Å². The van der Waals surface area contributed by atoms with Crippen LogP contribution in [0.15, 0.2) is 76.8 Å². The number of hydrogen-bond acceptors (Lipinski definition) is 7. The van der Waals surface area contributed by atoms with Crippen LogP contribution in [0.4, 0.5) is 4.79 Å². The minimum absolute atomic E-state index is 0.147. The van der Waals surface area contributed by atoms with Crippen molar-refractivity contribution >= 4 is 29.5 Å². The number of benzene rings is 2. The second-order valence-electron chi connectivity index (χ2n) is 9.76. The van der Waals surface area contributed by atoms with Crippen molar-refractivity contribution in [3.05, 3.63) is 88.0 Å². The molecule has 1 aliphatic carbocycles. The van der Waals surface area contributed by atoms with Crippen LogP contribution in [0.5, 0.6) is 5.75 Å². The van der Waals surface area contributed by atoms with Gasteiger partial charge in [0, 0.05) is 12.5 Å². The Kier molecular flexibility index (Phi) is 7.92. The Labute approximate surface area is 221 Å². The molecule has 1 atom stereocenters. The van der Waals surface area contributed by atoms with E-state index >= 15 is 0 Å². The second kappa shape index (κ2) is 11.1. The van der Waals surface area contributed by atoms with Crippen molar-refractivity contribution in [3.63, 3.8) is 0 Å². The normalized spacial score (nSPS) is 17.2. The summed E-state index contributed by atoms with van der Waals surface area (Å²) in [7, 11) is 1.60. The van der Waals surface area contributed by atoms with Crippen LogP contribution in [0.1, 0.15) is 31.9 Å². The molecule has 4 rings (SSSR count). The fourth-order valence-electron chi connectivity index (χ4n) is 4.08. The van der Waals surface area contributed by atoms with E-state index in [4.69, 9.17) is 9.47 Å². The second-order valence-corrected chi connectivity index (χ2v) is 10.7. The number of hydrogen-bond donors (Lipinski definition) is 2. The van der Waals surface area contributed by atoms with Crippen LogP contribution >= 0.6 is 11.8 Å². The Morgan fingerprint density at radius 3 is 2.41 bits per heavy atom. The van der Waals surface area contributed by atoms with Crippen molar-refractivity contribution in [1.82, 2.24) is 15.8 Å². The zero-order valence-corrected chi connectivity index (χ0v) is 22.2. The third-order valence-corrected chi connectivity index (χ3v) is 6.88. The van der Waals surface area contributed by atoms with E-state index in [-0.39, 0.29) is 17.6 Å². The fraction of sp³-hybridized carbons (Fsp3) is 0.321. The molecule has 2 N–H and O–H groups in total. The van der Waals surface area contributed by atoms with Crippen molar-refractivity contribution < 1.29 is 23.9 Å². The van der Waals surface area contributed by atoms with Crippen LogP contribution in [0.3, 0.4) is 0 Å². The van der Waals surface area contributed by atoms with Gasteiger partial charge in [-0.15, -0.1) is 0 Å². The van der Waals surface area contributed by atoms with Crippen molar-refractivity contribution in [2.75, 3.05) is 13.0 Å². The maximum absolute atomic E-state index is 13.6. The third kappa shape index (κ3) is 6.54. The fourth-order valence-corrected chi connectivity index (χ4v) is 5.20. The van der Waals surface area contributed by atoms with E-state index in [1.807, 2.05) is 54.6 Å². The molecule has 37 heavy (non-hydrogen) atoms. The Morgan fingerprint density at radius 2 is 1.76 bits per heavy atom. The first-order valence-corrected chi connectivity index (χ1v) is 13.0. The lowest BCUT2D eigenvalue weighted by atomic mass is 9.86. The number of nitrogens with zero attached hydrogens (tertiary/aromatic N) is 1. The molecule has 2 aliphatic rings. The minimum Gasteiger partial charge on any atom is -0.497 e. The molecule has 0 fully saturated rings. The van der Waals surface area contributed by atoms with Gasteiger partial charge >= 0.3 is 6.09 Å². The molecule has 0 saturated carbocycles. The van der Waals surface area contributed by atoms with Gasteiger partial charge in [0.05, 0.1) is 23.5 Å². The topological polar surface area (TPSA) is 97.0 Å². The molecule has 0 spiro atoms. The largest absolute Gasteiger partial charge is 0.497 e. The van der Waals surface area contributed by atoms with Crippen LogP contribution in [0, 0.1) is 5.92 Å². The molecule has 194 valence electrons.